The van der Waals surface area contributed by atoms with E-state index in [-0.39, 0.29) is 11.3 Å². The number of nitrogens with zero attached hydrogens (tertiary/aromatic N) is 1. The number of carbonyl (C=O) groups excluding carboxylic acids is 1. The third-order valence-corrected chi connectivity index (χ3v) is 3.88. The number of benzene rings is 2. The minimum Gasteiger partial charge on any atom is -0.493 e. The second-order valence-electron chi connectivity index (χ2n) is 6.87. The van der Waals surface area contributed by atoms with Crippen molar-refractivity contribution in [3.8, 4) is 11.5 Å². The topological polar surface area (TPSA) is 59.9 Å². The Balaban J connectivity index is 2.03. The lowest BCUT2D eigenvalue weighted by atomic mass is 9.87. The van der Waals surface area contributed by atoms with Gasteiger partial charge in [0.2, 0.25) is 0 Å². The molecule has 5 heteroatoms. The maximum atomic E-state index is 12.2. The third-order valence-electron chi connectivity index (χ3n) is 3.88. The van der Waals surface area contributed by atoms with Gasteiger partial charge in [0.05, 0.1) is 19.9 Å². The molecule has 0 aromatic heterocycles. The Bertz CT molecular complexity index is 775. The molecule has 0 saturated heterocycles. The van der Waals surface area contributed by atoms with Gasteiger partial charge in [-0.15, -0.1) is 0 Å². The fourth-order valence-electron chi connectivity index (χ4n) is 2.39. The van der Waals surface area contributed by atoms with Gasteiger partial charge in [-0.1, -0.05) is 32.9 Å². The van der Waals surface area contributed by atoms with Crippen LogP contribution in [-0.2, 0) is 5.41 Å². The van der Waals surface area contributed by atoms with Crippen LogP contribution in [0.2, 0.25) is 0 Å². The van der Waals surface area contributed by atoms with Crippen molar-refractivity contribution >= 4 is 12.1 Å². The van der Waals surface area contributed by atoms with Crippen molar-refractivity contribution in [3.05, 3.63) is 59.2 Å². The summed E-state index contributed by atoms with van der Waals surface area (Å²) in [4.78, 5) is 12.2. The van der Waals surface area contributed by atoms with E-state index in [9.17, 15) is 4.79 Å². The maximum absolute atomic E-state index is 12.2. The molecule has 2 aromatic carbocycles. The number of amides is 1. The zero-order chi connectivity index (χ0) is 19.2. The smallest absolute Gasteiger partial charge is 0.271 e. The Morgan fingerprint density at radius 3 is 2.38 bits per heavy atom. The lowest BCUT2D eigenvalue weighted by molar-refractivity contribution is 0.0955. The number of hydrogen-bond donors (Lipinski definition) is 1. The molecule has 2 rings (SSSR count). The highest BCUT2D eigenvalue weighted by Crippen LogP contribution is 2.27. The minimum absolute atomic E-state index is 0.0553. The van der Waals surface area contributed by atoms with Gasteiger partial charge in [0, 0.05) is 5.56 Å². The van der Waals surface area contributed by atoms with Crippen molar-refractivity contribution in [2.75, 3.05) is 13.7 Å². The highest BCUT2D eigenvalue weighted by atomic mass is 16.5. The van der Waals surface area contributed by atoms with Gasteiger partial charge in [-0.2, -0.15) is 5.10 Å². The van der Waals surface area contributed by atoms with E-state index >= 15 is 0 Å². The van der Waals surface area contributed by atoms with Crippen LogP contribution < -0.4 is 14.9 Å². The second kappa shape index (κ2) is 8.52. The molecule has 26 heavy (non-hydrogen) atoms. The molecule has 0 atom stereocenters. The predicted molar refractivity (Wildman–Crippen MR) is 104 cm³/mol. The molecule has 0 heterocycles. The maximum Gasteiger partial charge on any atom is 0.271 e. The summed E-state index contributed by atoms with van der Waals surface area (Å²) in [5, 5.41) is 4.02. The largest absolute Gasteiger partial charge is 0.493 e. The van der Waals surface area contributed by atoms with Crippen LogP contribution in [0.15, 0.2) is 47.6 Å². The number of carbonyl (C=O) groups is 1. The molecule has 0 bridgehead atoms. The Hall–Kier alpha value is -2.82. The molecule has 5 nitrogen and oxygen atoms in total. The quantitative estimate of drug-likeness (QED) is 0.626. The van der Waals surface area contributed by atoms with Gasteiger partial charge in [0.25, 0.3) is 5.91 Å². The third kappa shape index (κ3) is 5.09. The molecule has 2 aromatic rings. The van der Waals surface area contributed by atoms with Gasteiger partial charge in [0.1, 0.15) is 0 Å². The highest BCUT2D eigenvalue weighted by molar-refractivity contribution is 5.95. The first kappa shape index (κ1) is 19.5. The average molecular weight is 354 g/mol. The van der Waals surface area contributed by atoms with E-state index in [0.29, 0.717) is 23.7 Å². The Kier molecular flexibility index (Phi) is 6.39. The Labute approximate surface area is 155 Å². The van der Waals surface area contributed by atoms with Crippen LogP contribution in [0.25, 0.3) is 0 Å². The molecule has 0 aliphatic carbocycles. The molecule has 0 radical (unpaired) electrons. The molecule has 0 saturated carbocycles. The van der Waals surface area contributed by atoms with Crippen LogP contribution in [0, 0.1) is 0 Å². The van der Waals surface area contributed by atoms with Crippen LogP contribution in [0.4, 0.5) is 0 Å². The zero-order valence-corrected chi connectivity index (χ0v) is 16.0. The number of hydrogen-bond acceptors (Lipinski definition) is 4. The van der Waals surface area contributed by atoms with Gasteiger partial charge < -0.3 is 9.47 Å². The fourth-order valence-corrected chi connectivity index (χ4v) is 2.39. The summed E-state index contributed by atoms with van der Waals surface area (Å²) < 4.78 is 10.8. The van der Waals surface area contributed by atoms with Gasteiger partial charge in [-0.3, -0.25) is 4.79 Å². The molecule has 0 aliphatic heterocycles. The van der Waals surface area contributed by atoms with Crippen LogP contribution in [0.3, 0.4) is 0 Å². The van der Waals surface area contributed by atoms with Crippen LogP contribution >= 0.6 is 0 Å². The first-order valence-electron chi connectivity index (χ1n) is 8.60. The SMILES string of the molecule is CCOc1cc(C=NNC(=O)c2ccc(C(C)(C)C)cc2)ccc1OC. The van der Waals surface area contributed by atoms with Crippen LogP contribution in [0.1, 0.15) is 49.2 Å². The predicted octanol–water partition coefficient (Wildman–Crippen LogP) is 4.16. The zero-order valence-electron chi connectivity index (χ0n) is 16.0. The van der Waals surface area contributed by atoms with Crippen LogP contribution in [0.5, 0.6) is 11.5 Å². The Morgan fingerprint density at radius 1 is 1.12 bits per heavy atom. The standard InChI is InChI=1S/C21H26N2O3/c1-6-26-19-13-15(7-12-18(19)25-5)14-22-23-20(24)16-8-10-17(11-9-16)21(2,3)4/h7-14H,6H2,1-5H3,(H,23,24). The lowest BCUT2D eigenvalue weighted by Gasteiger charge is -2.18. The van der Waals surface area contributed by atoms with E-state index in [1.165, 1.54) is 5.56 Å². The normalized spacial score (nSPS) is 11.4. The first-order chi connectivity index (χ1) is 12.3. The van der Waals surface area contributed by atoms with E-state index < -0.39 is 0 Å². The molecule has 1 N–H and O–H groups in total. The van der Waals surface area contributed by atoms with E-state index in [1.54, 1.807) is 19.4 Å². The van der Waals surface area contributed by atoms with Crippen molar-refractivity contribution in [1.29, 1.82) is 0 Å². The van der Waals surface area contributed by atoms with Gasteiger partial charge in [-0.25, -0.2) is 5.43 Å². The molecule has 0 unspecified atom stereocenters. The summed E-state index contributed by atoms with van der Waals surface area (Å²) in [6, 6.07) is 13.0. The summed E-state index contributed by atoms with van der Waals surface area (Å²) in [6.45, 7) is 8.86. The minimum atomic E-state index is -0.250. The van der Waals surface area contributed by atoms with E-state index in [4.69, 9.17) is 9.47 Å². The van der Waals surface area contributed by atoms with Gasteiger partial charge >= 0.3 is 0 Å². The first-order valence-corrected chi connectivity index (χ1v) is 8.60. The van der Waals surface area contributed by atoms with Crippen molar-refractivity contribution in [1.82, 2.24) is 5.43 Å². The van der Waals surface area contributed by atoms with Crippen molar-refractivity contribution in [3.63, 3.8) is 0 Å². The highest BCUT2D eigenvalue weighted by Gasteiger charge is 2.14. The summed E-state index contributed by atoms with van der Waals surface area (Å²) >= 11 is 0. The molecule has 0 aliphatic rings. The van der Waals surface area contributed by atoms with Crippen molar-refractivity contribution < 1.29 is 14.3 Å². The molecule has 138 valence electrons. The van der Waals surface area contributed by atoms with Crippen molar-refractivity contribution in [2.24, 2.45) is 5.10 Å². The summed E-state index contributed by atoms with van der Waals surface area (Å²) in [5.74, 6) is 1.05. The summed E-state index contributed by atoms with van der Waals surface area (Å²) in [6.07, 6.45) is 1.57. The number of hydrazone groups is 1. The van der Waals surface area contributed by atoms with E-state index in [2.05, 4.69) is 31.3 Å². The lowest BCUT2D eigenvalue weighted by Crippen LogP contribution is -2.18. The molecule has 0 spiro atoms. The average Bonchev–Trinajstić information content (AvgIpc) is 2.61. The molecular formula is C21H26N2O3. The van der Waals surface area contributed by atoms with Gasteiger partial charge in [-0.05, 0) is 53.8 Å². The van der Waals surface area contributed by atoms with E-state index in [1.807, 2.05) is 43.3 Å². The number of rotatable bonds is 6. The molecular weight excluding hydrogens is 328 g/mol. The fraction of sp³-hybridized carbons (Fsp3) is 0.333. The second-order valence-corrected chi connectivity index (χ2v) is 6.87. The number of nitrogens with one attached hydrogen (secondary N) is 1. The van der Waals surface area contributed by atoms with E-state index in [0.717, 1.165) is 5.56 Å². The monoisotopic (exact) mass is 354 g/mol. The number of methoxy groups -OCH3 is 1. The van der Waals surface area contributed by atoms with Crippen molar-refractivity contribution in [2.45, 2.75) is 33.1 Å². The van der Waals surface area contributed by atoms with Crippen LogP contribution in [-0.4, -0.2) is 25.8 Å². The summed E-state index contributed by atoms with van der Waals surface area (Å²) in [7, 11) is 1.59. The molecule has 0 fully saturated rings. The number of ether oxygens (including phenoxy) is 2. The van der Waals surface area contributed by atoms with Gasteiger partial charge in [0.15, 0.2) is 11.5 Å². The summed E-state index contributed by atoms with van der Waals surface area (Å²) in [5.41, 5.74) is 5.15. The molecule has 1 amide bonds. The Morgan fingerprint density at radius 2 is 1.81 bits per heavy atom.